The lowest BCUT2D eigenvalue weighted by Gasteiger charge is -2.06. The molecule has 3 nitrogen and oxygen atoms in total. The molecule has 0 unspecified atom stereocenters. The third-order valence-electron chi connectivity index (χ3n) is 3.13. The van der Waals surface area contributed by atoms with Crippen LogP contribution in [0, 0.1) is 0 Å². The van der Waals surface area contributed by atoms with Crippen LogP contribution in [0.5, 0.6) is 0 Å². The first kappa shape index (κ1) is 11.7. The van der Waals surface area contributed by atoms with Crippen molar-refractivity contribution < 1.29 is 9.53 Å². The molecule has 0 bridgehead atoms. The van der Waals surface area contributed by atoms with E-state index in [2.05, 4.69) is 32.0 Å². The molecule has 0 aliphatic carbocycles. The van der Waals surface area contributed by atoms with Crippen molar-refractivity contribution in [2.45, 2.75) is 19.8 Å². The Morgan fingerprint density at radius 1 is 1.29 bits per heavy atom. The Morgan fingerprint density at radius 3 is 2.59 bits per heavy atom. The quantitative estimate of drug-likeness (QED) is 0.744. The Hall–Kier alpha value is -1.77. The van der Waals surface area contributed by atoms with Crippen molar-refractivity contribution in [3.63, 3.8) is 0 Å². The lowest BCUT2D eigenvalue weighted by atomic mass is 10.0. The first-order valence-electron chi connectivity index (χ1n) is 5.72. The molecule has 0 aliphatic rings. The molecule has 0 saturated heterocycles. The highest BCUT2D eigenvalue weighted by molar-refractivity contribution is 5.95. The predicted molar refractivity (Wildman–Crippen MR) is 68.3 cm³/mol. The molecule has 0 amide bonds. The van der Waals surface area contributed by atoms with Crippen LogP contribution in [0.1, 0.15) is 35.8 Å². The normalized spacial score (nSPS) is 11.1. The van der Waals surface area contributed by atoms with E-state index in [-0.39, 0.29) is 5.97 Å². The summed E-state index contributed by atoms with van der Waals surface area (Å²) < 4.78 is 6.65. The molecular formula is C14H17NO2. The molecule has 0 aliphatic heterocycles. The van der Waals surface area contributed by atoms with E-state index in [0.29, 0.717) is 11.6 Å². The highest BCUT2D eigenvalue weighted by Crippen LogP contribution is 2.24. The van der Waals surface area contributed by atoms with Gasteiger partial charge in [0.15, 0.2) is 0 Å². The van der Waals surface area contributed by atoms with E-state index < -0.39 is 0 Å². The van der Waals surface area contributed by atoms with Gasteiger partial charge in [0.05, 0.1) is 7.11 Å². The summed E-state index contributed by atoms with van der Waals surface area (Å²) in [5, 5.41) is 1.07. The van der Waals surface area contributed by atoms with Crippen molar-refractivity contribution in [2.24, 2.45) is 7.05 Å². The number of rotatable bonds is 2. The number of methoxy groups -OCH3 is 1. The van der Waals surface area contributed by atoms with E-state index in [9.17, 15) is 4.79 Å². The van der Waals surface area contributed by atoms with E-state index in [1.807, 2.05) is 17.7 Å². The number of carbonyl (C=O) groups is 1. The average Bonchev–Trinajstić information content (AvgIpc) is 2.65. The summed E-state index contributed by atoms with van der Waals surface area (Å²) in [6, 6.07) is 8.16. The first-order valence-corrected chi connectivity index (χ1v) is 5.72. The third kappa shape index (κ3) is 1.93. The van der Waals surface area contributed by atoms with Crippen molar-refractivity contribution in [3.8, 4) is 0 Å². The zero-order valence-electron chi connectivity index (χ0n) is 10.7. The van der Waals surface area contributed by atoms with Crippen molar-refractivity contribution in [1.29, 1.82) is 0 Å². The second-order valence-electron chi connectivity index (χ2n) is 4.55. The fraction of sp³-hybridized carbons (Fsp3) is 0.357. The maximum atomic E-state index is 11.6. The van der Waals surface area contributed by atoms with Gasteiger partial charge in [0.25, 0.3) is 0 Å². The molecule has 17 heavy (non-hydrogen) atoms. The van der Waals surface area contributed by atoms with Gasteiger partial charge in [-0.3, -0.25) is 0 Å². The second-order valence-corrected chi connectivity index (χ2v) is 4.55. The maximum absolute atomic E-state index is 11.6. The summed E-state index contributed by atoms with van der Waals surface area (Å²) in [6.45, 7) is 4.32. The van der Waals surface area contributed by atoms with E-state index in [0.717, 1.165) is 10.9 Å². The molecule has 0 fully saturated rings. The van der Waals surface area contributed by atoms with Crippen LogP contribution in [0.2, 0.25) is 0 Å². The number of hydrogen-bond acceptors (Lipinski definition) is 2. The summed E-state index contributed by atoms with van der Waals surface area (Å²) in [5.74, 6) is 0.186. The highest BCUT2D eigenvalue weighted by atomic mass is 16.5. The van der Waals surface area contributed by atoms with Crippen LogP contribution < -0.4 is 0 Å². The summed E-state index contributed by atoms with van der Waals surface area (Å²) >= 11 is 0. The number of aromatic nitrogens is 1. The van der Waals surface area contributed by atoms with Gasteiger partial charge in [0.1, 0.15) is 5.69 Å². The Kier molecular flexibility index (Phi) is 2.92. The Bertz CT molecular complexity index is 567. The van der Waals surface area contributed by atoms with Crippen molar-refractivity contribution in [1.82, 2.24) is 4.57 Å². The zero-order valence-corrected chi connectivity index (χ0v) is 10.7. The van der Waals surface area contributed by atoms with Gasteiger partial charge in [0, 0.05) is 18.0 Å². The summed E-state index contributed by atoms with van der Waals surface area (Å²) in [6.07, 6.45) is 0. The largest absolute Gasteiger partial charge is 0.464 e. The van der Waals surface area contributed by atoms with Gasteiger partial charge < -0.3 is 9.30 Å². The molecular weight excluding hydrogens is 214 g/mol. The van der Waals surface area contributed by atoms with E-state index in [4.69, 9.17) is 4.74 Å². The molecule has 0 radical (unpaired) electrons. The van der Waals surface area contributed by atoms with Crippen molar-refractivity contribution >= 4 is 16.9 Å². The van der Waals surface area contributed by atoms with Crippen LogP contribution in [0.15, 0.2) is 24.3 Å². The molecule has 1 heterocycles. The number of benzene rings is 1. The van der Waals surface area contributed by atoms with Crippen LogP contribution in [-0.4, -0.2) is 17.6 Å². The minimum Gasteiger partial charge on any atom is -0.464 e. The molecule has 3 heteroatoms. The standard InChI is InChI=1S/C14H17NO2/c1-9(2)10-5-6-11-8-13(14(16)17-4)15(3)12(11)7-10/h5-9H,1-4H3. The Morgan fingerprint density at radius 2 is 2.00 bits per heavy atom. The molecule has 0 N–H and O–H groups in total. The van der Waals surface area contributed by atoms with Gasteiger partial charge in [-0.25, -0.2) is 4.79 Å². The summed E-state index contributed by atoms with van der Waals surface area (Å²) in [4.78, 5) is 11.6. The molecule has 0 atom stereocenters. The van der Waals surface area contributed by atoms with Crippen LogP contribution in [0.3, 0.4) is 0 Å². The second kappa shape index (κ2) is 4.24. The summed E-state index contributed by atoms with van der Waals surface area (Å²) in [5.41, 5.74) is 2.93. The third-order valence-corrected chi connectivity index (χ3v) is 3.13. The van der Waals surface area contributed by atoms with Gasteiger partial charge in [-0.05, 0) is 23.6 Å². The smallest absolute Gasteiger partial charge is 0.354 e. The minimum atomic E-state index is -0.296. The summed E-state index contributed by atoms with van der Waals surface area (Å²) in [7, 11) is 3.29. The predicted octanol–water partition coefficient (Wildman–Crippen LogP) is 3.09. The minimum absolute atomic E-state index is 0.296. The average molecular weight is 231 g/mol. The molecule has 0 saturated carbocycles. The SMILES string of the molecule is COC(=O)c1cc2ccc(C(C)C)cc2n1C. The molecule has 2 rings (SSSR count). The maximum Gasteiger partial charge on any atom is 0.354 e. The van der Waals surface area contributed by atoms with Gasteiger partial charge >= 0.3 is 5.97 Å². The number of ether oxygens (including phenoxy) is 1. The van der Waals surface area contributed by atoms with Crippen LogP contribution in [-0.2, 0) is 11.8 Å². The first-order chi connectivity index (χ1) is 8.04. The van der Waals surface area contributed by atoms with E-state index >= 15 is 0 Å². The lowest BCUT2D eigenvalue weighted by molar-refractivity contribution is 0.0590. The fourth-order valence-corrected chi connectivity index (χ4v) is 2.01. The van der Waals surface area contributed by atoms with Gasteiger partial charge in [-0.15, -0.1) is 0 Å². The Balaban J connectivity index is 2.62. The molecule has 90 valence electrons. The molecule has 0 spiro atoms. The number of fused-ring (bicyclic) bond motifs is 1. The van der Waals surface area contributed by atoms with Crippen LogP contribution in [0.25, 0.3) is 10.9 Å². The van der Waals surface area contributed by atoms with Gasteiger partial charge in [-0.1, -0.05) is 26.0 Å². The monoisotopic (exact) mass is 231 g/mol. The lowest BCUT2D eigenvalue weighted by Crippen LogP contribution is -2.07. The topological polar surface area (TPSA) is 31.2 Å². The number of carbonyl (C=O) groups excluding carboxylic acids is 1. The van der Waals surface area contributed by atoms with Crippen molar-refractivity contribution in [2.75, 3.05) is 7.11 Å². The number of esters is 1. The van der Waals surface area contributed by atoms with E-state index in [1.165, 1.54) is 12.7 Å². The van der Waals surface area contributed by atoms with Crippen LogP contribution >= 0.6 is 0 Å². The van der Waals surface area contributed by atoms with Gasteiger partial charge in [0.2, 0.25) is 0 Å². The number of hydrogen-bond donors (Lipinski definition) is 0. The highest BCUT2D eigenvalue weighted by Gasteiger charge is 2.14. The van der Waals surface area contributed by atoms with Gasteiger partial charge in [-0.2, -0.15) is 0 Å². The molecule has 1 aromatic heterocycles. The number of nitrogens with zero attached hydrogens (tertiary/aromatic N) is 1. The fourth-order valence-electron chi connectivity index (χ4n) is 2.01. The van der Waals surface area contributed by atoms with Crippen LogP contribution in [0.4, 0.5) is 0 Å². The zero-order chi connectivity index (χ0) is 12.6. The molecule has 1 aromatic carbocycles. The van der Waals surface area contributed by atoms with E-state index in [1.54, 1.807) is 0 Å². The Labute approximate surface area is 101 Å². The van der Waals surface area contributed by atoms with Crippen molar-refractivity contribution in [3.05, 3.63) is 35.5 Å². The number of aryl methyl sites for hydroxylation is 1. The molecule has 2 aromatic rings.